The van der Waals surface area contributed by atoms with E-state index in [1.165, 1.54) is 63.5 Å². The lowest BCUT2D eigenvalue weighted by atomic mass is 10.1. The van der Waals surface area contributed by atoms with Crippen molar-refractivity contribution in [3.8, 4) is 0 Å². The molecule has 0 aromatic heterocycles. The van der Waals surface area contributed by atoms with Crippen LogP contribution >= 0.6 is 11.8 Å². The van der Waals surface area contributed by atoms with Crippen LogP contribution in [0.2, 0.25) is 0 Å². The molecule has 0 saturated carbocycles. The first-order valence-electron chi connectivity index (χ1n) is 7.05. The average molecular weight is 248 g/mol. The second kappa shape index (κ2) is 15.3. The number of unbranched alkanes of at least 4 members (excludes halogenated alkanes) is 8. The van der Waals surface area contributed by atoms with Gasteiger partial charge in [0.15, 0.2) is 0 Å². The van der Waals surface area contributed by atoms with E-state index in [0.717, 1.165) is 12.2 Å². The van der Waals surface area contributed by atoms with E-state index < -0.39 is 0 Å². The van der Waals surface area contributed by atoms with Gasteiger partial charge in [0.25, 0.3) is 0 Å². The summed E-state index contributed by atoms with van der Waals surface area (Å²) >= 11 is 1.91. The minimum absolute atomic E-state index is 0.148. The number of alkyl halides is 1. The van der Waals surface area contributed by atoms with Crippen LogP contribution in [-0.4, -0.2) is 18.2 Å². The van der Waals surface area contributed by atoms with E-state index in [1.54, 1.807) is 0 Å². The van der Waals surface area contributed by atoms with E-state index in [-0.39, 0.29) is 6.67 Å². The molecule has 98 valence electrons. The van der Waals surface area contributed by atoms with E-state index in [0.29, 0.717) is 0 Å². The molecule has 0 nitrogen and oxygen atoms in total. The Morgan fingerprint density at radius 3 is 1.75 bits per heavy atom. The molecule has 0 saturated heterocycles. The molecule has 2 heteroatoms. The molecule has 16 heavy (non-hydrogen) atoms. The monoisotopic (exact) mass is 248 g/mol. The lowest BCUT2D eigenvalue weighted by Crippen LogP contribution is -1.86. The third-order valence-electron chi connectivity index (χ3n) is 2.81. The number of thioether (sulfide) groups is 1. The largest absolute Gasteiger partial charge is 0.251 e. The summed E-state index contributed by atoms with van der Waals surface area (Å²) in [4.78, 5) is 0. The Morgan fingerprint density at radius 2 is 1.19 bits per heavy atom. The molecule has 0 aliphatic rings. The van der Waals surface area contributed by atoms with E-state index in [9.17, 15) is 4.39 Å². The van der Waals surface area contributed by atoms with Gasteiger partial charge in [0.2, 0.25) is 0 Å². The minimum Gasteiger partial charge on any atom is -0.251 e. The Kier molecular flexibility index (Phi) is 15.5. The van der Waals surface area contributed by atoms with Crippen LogP contribution in [0.15, 0.2) is 0 Å². The summed E-state index contributed by atoms with van der Waals surface area (Å²) in [5.41, 5.74) is 0. The zero-order valence-electron chi connectivity index (χ0n) is 11.0. The van der Waals surface area contributed by atoms with Crippen LogP contribution in [-0.2, 0) is 0 Å². The topological polar surface area (TPSA) is 0 Å². The van der Waals surface area contributed by atoms with Gasteiger partial charge in [0.1, 0.15) is 0 Å². The first-order valence-corrected chi connectivity index (χ1v) is 8.21. The van der Waals surface area contributed by atoms with Crippen LogP contribution in [0.5, 0.6) is 0 Å². The fourth-order valence-electron chi connectivity index (χ4n) is 1.77. The van der Waals surface area contributed by atoms with Gasteiger partial charge in [-0.25, -0.2) is 0 Å². The van der Waals surface area contributed by atoms with E-state index >= 15 is 0 Å². The molecule has 0 aromatic rings. The third-order valence-corrected chi connectivity index (χ3v) is 3.97. The number of halogens is 1. The smallest absolute Gasteiger partial charge is 0.0902 e. The highest BCUT2D eigenvalue weighted by Crippen LogP contribution is 2.12. The normalized spacial score (nSPS) is 10.9. The fraction of sp³-hybridized carbons (Fsp3) is 1.00. The van der Waals surface area contributed by atoms with Crippen LogP contribution in [0.25, 0.3) is 0 Å². The summed E-state index contributed by atoms with van der Waals surface area (Å²) in [6.07, 6.45) is 13.3. The second-order valence-electron chi connectivity index (χ2n) is 4.48. The van der Waals surface area contributed by atoms with Gasteiger partial charge in [-0.2, -0.15) is 11.8 Å². The lowest BCUT2D eigenvalue weighted by Gasteiger charge is -2.02. The quantitative estimate of drug-likeness (QED) is 0.382. The molecule has 0 aliphatic heterocycles. The van der Waals surface area contributed by atoms with Crippen molar-refractivity contribution in [1.29, 1.82) is 0 Å². The Balaban J connectivity index is 2.83. The first kappa shape index (κ1) is 16.3. The first-order chi connectivity index (χ1) is 7.91. The second-order valence-corrected chi connectivity index (χ2v) is 5.71. The van der Waals surface area contributed by atoms with Crippen molar-refractivity contribution in [1.82, 2.24) is 0 Å². The van der Waals surface area contributed by atoms with Crippen LogP contribution in [0.1, 0.15) is 71.1 Å². The van der Waals surface area contributed by atoms with Crippen molar-refractivity contribution in [2.75, 3.05) is 18.2 Å². The van der Waals surface area contributed by atoms with Crippen molar-refractivity contribution in [2.24, 2.45) is 0 Å². The number of hydrogen-bond donors (Lipinski definition) is 0. The number of rotatable bonds is 13. The van der Waals surface area contributed by atoms with E-state index in [1.807, 2.05) is 11.8 Å². The van der Waals surface area contributed by atoms with Gasteiger partial charge in [-0.15, -0.1) is 0 Å². The van der Waals surface area contributed by atoms with Crippen LogP contribution in [0.3, 0.4) is 0 Å². The average Bonchev–Trinajstić information content (AvgIpc) is 2.31. The molecule has 0 bridgehead atoms. The zero-order chi connectivity index (χ0) is 11.9. The highest BCUT2D eigenvalue weighted by Gasteiger charge is 1.93. The van der Waals surface area contributed by atoms with Crippen molar-refractivity contribution >= 4 is 11.8 Å². The fourth-order valence-corrected chi connectivity index (χ4v) is 2.70. The zero-order valence-corrected chi connectivity index (χ0v) is 11.8. The third kappa shape index (κ3) is 14.3. The van der Waals surface area contributed by atoms with Gasteiger partial charge < -0.3 is 0 Å². The van der Waals surface area contributed by atoms with Gasteiger partial charge in [-0.3, -0.25) is 4.39 Å². The molecule has 0 amide bonds. The molecule has 0 aliphatic carbocycles. The maximum Gasteiger partial charge on any atom is 0.0902 e. The molecule has 0 radical (unpaired) electrons. The van der Waals surface area contributed by atoms with Crippen LogP contribution in [0, 0.1) is 0 Å². The van der Waals surface area contributed by atoms with Gasteiger partial charge in [-0.1, -0.05) is 58.3 Å². The van der Waals surface area contributed by atoms with Gasteiger partial charge >= 0.3 is 0 Å². The van der Waals surface area contributed by atoms with Gasteiger partial charge in [-0.05, 0) is 24.3 Å². The van der Waals surface area contributed by atoms with Crippen molar-refractivity contribution in [3.05, 3.63) is 0 Å². The molecule has 0 spiro atoms. The van der Waals surface area contributed by atoms with Crippen LogP contribution in [0.4, 0.5) is 4.39 Å². The molecular formula is C14H29FS. The van der Waals surface area contributed by atoms with Gasteiger partial charge in [0.05, 0.1) is 6.67 Å². The lowest BCUT2D eigenvalue weighted by molar-refractivity contribution is 0.489. The van der Waals surface area contributed by atoms with Crippen molar-refractivity contribution in [3.63, 3.8) is 0 Å². The summed E-state index contributed by atoms with van der Waals surface area (Å²) < 4.78 is 11.8. The molecule has 0 rings (SSSR count). The Morgan fingerprint density at radius 1 is 0.688 bits per heavy atom. The summed E-state index contributed by atoms with van der Waals surface area (Å²) in [5.74, 6) is 2.24. The Bertz CT molecular complexity index is 103. The molecule has 0 unspecified atom stereocenters. The molecule has 0 aromatic carbocycles. The highest BCUT2D eigenvalue weighted by molar-refractivity contribution is 7.99. The maximum atomic E-state index is 11.8. The molecular weight excluding hydrogens is 219 g/mol. The predicted molar refractivity (Wildman–Crippen MR) is 75.1 cm³/mol. The molecule has 0 fully saturated rings. The Hall–Kier alpha value is 0.280. The molecule has 0 N–H and O–H groups in total. The molecule has 0 heterocycles. The minimum atomic E-state index is -0.148. The standard InChI is InChI=1S/C14H29FS/c1-2-3-4-5-6-7-8-9-10-13-16-14-11-12-15/h2-14H2,1H3. The maximum absolute atomic E-state index is 11.8. The molecule has 0 atom stereocenters. The van der Waals surface area contributed by atoms with Crippen molar-refractivity contribution in [2.45, 2.75) is 71.1 Å². The summed E-state index contributed by atoms with van der Waals surface area (Å²) in [7, 11) is 0. The summed E-state index contributed by atoms with van der Waals surface area (Å²) in [6, 6.07) is 0. The van der Waals surface area contributed by atoms with Gasteiger partial charge in [0, 0.05) is 0 Å². The SMILES string of the molecule is CCCCCCCCCCCSCCCF. The van der Waals surface area contributed by atoms with Crippen molar-refractivity contribution < 1.29 is 4.39 Å². The summed E-state index contributed by atoms with van der Waals surface area (Å²) in [5, 5.41) is 0. The highest BCUT2D eigenvalue weighted by atomic mass is 32.2. The Labute approximate surface area is 106 Å². The predicted octanol–water partition coefficient (Wildman–Crippen LogP) is 5.61. The summed E-state index contributed by atoms with van der Waals surface area (Å²) in [6.45, 7) is 2.12. The number of hydrogen-bond acceptors (Lipinski definition) is 1. The van der Waals surface area contributed by atoms with E-state index in [2.05, 4.69) is 6.92 Å². The van der Waals surface area contributed by atoms with E-state index in [4.69, 9.17) is 0 Å². The van der Waals surface area contributed by atoms with Crippen LogP contribution < -0.4 is 0 Å².